The molecule has 0 aliphatic rings. The molecule has 1 atom stereocenters. The number of hydrogen-bond acceptors (Lipinski definition) is 4. The van der Waals surface area contributed by atoms with Crippen LogP contribution >= 0.6 is 0 Å². The molecule has 0 fully saturated rings. The zero-order valence-electron chi connectivity index (χ0n) is 15.9. The van der Waals surface area contributed by atoms with Crippen LogP contribution < -0.4 is 16.4 Å². The van der Waals surface area contributed by atoms with Crippen LogP contribution in [0.1, 0.15) is 33.3 Å². The minimum absolute atomic E-state index is 0.0371. The molecule has 1 aromatic carbocycles. The van der Waals surface area contributed by atoms with E-state index in [1.165, 1.54) is 0 Å². The minimum atomic E-state index is -1.09. The van der Waals surface area contributed by atoms with Gasteiger partial charge < -0.3 is 21.1 Å². The predicted octanol–water partition coefficient (Wildman–Crippen LogP) is 2.02. The first-order valence-electron chi connectivity index (χ1n) is 8.59. The van der Waals surface area contributed by atoms with Crippen molar-refractivity contribution in [1.29, 1.82) is 0 Å². The van der Waals surface area contributed by atoms with Crippen molar-refractivity contribution >= 4 is 11.8 Å². The molecule has 0 saturated heterocycles. The Kier molecular flexibility index (Phi) is 8.75. The highest BCUT2D eigenvalue weighted by atomic mass is 16.5. The Hall–Kier alpha value is -2.44. The third kappa shape index (κ3) is 7.63. The predicted molar refractivity (Wildman–Crippen MR) is 103 cm³/mol. The summed E-state index contributed by atoms with van der Waals surface area (Å²) in [6.07, 6.45) is 5.36. The van der Waals surface area contributed by atoms with Gasteiger partial charge in [-0.25, -0.2) is 0 Å². The number of carbonyl (C=O) groups excluding carboxylic acids is 2. The average molecular weight is 359 g/mol. The summed E-state index contributed by atoms with van der Waals surface area (Å²) in [5, 5.41) is 5.44. The van der Waals surface area contributed by atoms with Gasteiger partial charge in [-0.1, -0.05) is 42.5 Å². The summed E-state index contributed by atoms with van der Waals surface area (Å²) in [4.78, 5) is 24.8. The van der Waals surface area contributed by atoms with Crippen molar-refractivity contribution in [3.05, 3.63) is 59.8 Å². The van der Waals surface area contributed by atoms with Gasteiger partial charge in [-0.05, 0) is 39.3 Å². The van der Waals surface area contributed by atoms with Gasteiger partial charge in [0, 0.05) is 5.70 Å². The van der Waals surface area contributed by atoms with Crippen LogP contribution in [-0.4, -0.2) is 30.0 Å². The lowest BCUT2D eigenvalue weighted by Crippen LogP contribution is -2.57. The molecule has 0 aromatic heterocycles. The van der Waals surface area contributed by atoms with E-state index in [9.17, 15) is 9.59 Å². The van der Waals surface area contributed by atoms with Crippen molar-refractivity contribution in [3.8, 4) is 0 Å². The summed E-state index contributed by atoms with van der Waals surface area (Å²) >= 11 is 0. The highest BCUT2D eigenvalue weighted by molar-refractivity contribution is 5.92. The first-order valence-corrected chi connectivity index (χ1v) is 8.59. The summed E-state index contributed by atoms with van der Waals surface area (Å²) in [6, 6.07) is 8.76. The number of benzene rings is 1. The second-order valence-corrected chi connectivity index (χ2v) is 6.48. The molecule has 6 nitrogen and oxygen atoms in total. The van der Waals surface area contributed by atoms with E-state index in [0.717, 1.165) is 5.56 Å². The Labute approximate surface area is 155 Å². The molecule has 0 spiro atoms. The summed E-state index contributed by atoms with van der Waals surface area (Å²) in [5.41, 5.74) is 6.35. The molecule has 0 saturated carbocycles. The highest BCUT2D eigenvalue weighted by Crippen LogP contribution is 2.04. The number of carbonyl (C=O) groups is 2. The van der Waals surface area contributed by atoms with Crippen LogP contribution in [0.4, 0.5) is 0 Å². The molecule has 0 heterocycles. The molecule has 6 heteroatoms. The van der Waals surface area contributed by atoms with Gasteiger partial charge in [0.15, 0.2) is 0 Å². The number of nitrogens with one attached hydrogen (secondary N) is 2. The van der Waals surface area contributed by atoms with E-state index >= 15 is 0 Å². The molecular formula is C20H29N3O3. The SMILES string of the molecule is C/C=C\C(=C/C)NC(=O)C(COCc1ccccc1)NC(=O)C(C)(C)N. The van der Waals surface area contributed by atoms with Crippen molar-refractivity contribution in [2.45, 2.75) is 45.9 Å². The zero-order valence-corrected chi connectivity index (χ0v) is 15.9. The van der Waals surface area contributed by atoms with Gasteiger partial charge in [0.2, 0.25) is 11.8 Å². The fraction of sp³-hybridized carbons (Fsp3) is 0.400. The van der Waals surface area contributed by atoms with Crippen LogP contribution in [-0.2, 0) is 20.9 Å². The van der Waals surface area contributed by atoms with E-state index in [0.29, 0.717) is 12.3 Å². The summed E-state index contributed by atoms with van der Waals surface area (Å²) in [7, 11) is 0. The molecule has 4 N–H and O–H groups in total. The molecular weight excluding hydrogens is 330 g/mol. The molecule has 142 valence electrons. The number of ether oxygens (including phenoxy) is 1. The summed E-state index contributed by atoms with van der Waals surface area (Å²) < 4.78 is 5.64. The smallest absolute Gasteiger partial charge is 0.249 e. The topological polar surface area (TPSA) is 93.5 Å². The van der Waals surface area contributed by atoms with Crippen LogP contribution in [0.5, 0.6) is 0 Å². The standard InChI is InChI=1S/C20H29N3O3/c1-5-10-16(6-2)22-18(24)17(23-19(25)20(3,4)21)14-26-13-15-11-8-7-9-12-15/h5-12,17H,13-14,21H2,1-4H3,(H,22,24)(H,23,25)/b10-5-,16-6+. The van der Waals surface area contributed by atoms with E-state index in [1.807, 2.05) is 50.3 Å². The fourth-order valence-electron chi connectivity index (χ4n) is 2.02. The highest BCUT2D eigenvalue weighted by Gasteiger charge is 2.28. The average Bonchev–Trinajstić information content (AvgIpc) is 2.60. The lowest BCUT2D eigenvalue weighted by Gasteiger charge is -2.24. The lowest BCUT2D eigenvalue weighted by atomic mass is 10.1. The summed E-state index contributed by atoms with van der Waals surface area (Å²) in [5.74, 6) is -0.782. The Balaban J connectivity index is 2.77. The Morgan fingerprint density at radius 2 is 1.88 bits per heavy atom. The van der Waals surface area contributed by atoms with Crippen molar-refractivity contribution in [1.82, 2.24) is 10.6 Å². The normalized spacial score (nSPS) is 13.5. The van der Waals surface area contributed by atoms with Crippen LogP contribution in [0.3, 0.4) is 0 Å². The lowest BCUT2D eigenvalue weighted by molar-refractivity contribution is -0.132. The third-order valence-electron chi connectivity index (χ3n) is 3.53. The molecule has 0 aliphatic heterocycles. The number of rotatable bonds is 9. The minimum Gasteiger partial charge on any atom is -0.374 e. The van der Waals surface area contributed by atoms with E-state index in [2.05, 4.69) is 10.6 Å². The van der Waals surface area contributed by atoms with Crippen LogP contribution in [0.2, 0.25) is 0 Å². The third-order valence-corrected chi connectivity index (χ3v) is 3.53. The number of allylic oxidation sites excluding steroid dienone is 3. The maximum absolute atomic E-state index is 12.6. The van der Waals surface area contributed by atoms with Crippen molar-refractivity contribution in [2.24, 2.45) is 5.73 Å². The second kappa shape index (κ2) is 10.5. The van der Waals surface area contributed by atoms with E-state index in [-0.39, 0.29) is 12.5 Å². The monoisotopic (exact) mass is 359 g/mol. The van der Waals surface area contributed by atoms with Gasteiger partial charge in [0.05, 0.1) is 18.8 Å². The molecule has 0 aliphatic carbocycles. The number of hydrogen-bond donors (Lipinski definition) is 3. The molecule has 0 bridgehead atoms. The van der Waals surface area contributed by atoms with Crippen LogP contribution in [0.25, 0.3) is 0 Å². The van der Waals surface area contributed by atoms with Crippen molar-refractivity contribution < 1.29 is 14.3 Å². The largest absolute Gasteiger partial charge is 0.374 e. The maximum Gasteiger partial charge on any atom is 0.249 e. The zero-order chi connectivity index (χ0) is 19.6. The molecule has 1 aromatic rings. The Bertz CT molecular complexity index is 646. The molecule has 1 rings (SSSR count). The van der Waals surface area contributed by atoms with Crippen molar-refractivity contribution in [2.75, 3.05) is 6.61 Å². The number of nitrogens with two attached hydrogens (primary N) is 1. The van der Waals surface area contributed by atoms with Gasteiger partial charge in [0.25, 0.3) is 0 Å². The van der Waals surface area contributed by atoms with Crippen LogP contribution in [0.15, 0.2) is 54.3 Å². The van der Waals surface area contributed by atoms with Crippen LogP contribution in [0, 0.1) is 0 Å². The summed E-state index contributed by atoms with van der Waals surface area (Å²) in [6.45, 7) is 7.22. The first-order chi connectivity index (χ1) is 12.3. The first kappa shape index (κ1) is 21.6. The quantitative estimate of drug-likeness (QED) is 0.588. The molecule has 0 radical (unpaired) electrons. The van der Waals surface area contributed by atoms with Crippen molar-refractivity contribution in [3.63, 3.8) is 0 Å². The number of amides is 2. The van der Waals surface area contributed by atoms with E-state index in [1.54, 1.807) is 26.0 Å². The Morgan fingerprint density at radius 3 is 2.42 bits per heavy atom. The van der Waals surface area contributed by atoms with Gasteiger partial charge in [-0.3, -0.25) is 9.59 Å². The van der Waals surface area contributed by atoms with Gasteiger partial charge >= 0.3 is 0 Å². The van der Waals surface area contributed by atoms with Gasteiger partial charge in [-0.2, -0.15) is 0 Å². The maximum atomic E-state index is 12.6. The fourth-order valence-corrected chi connectivity index (χ4v) is 2.02. The molecule has 2 amide bonds. The van der Waals surface area contributed by atoms with Gasteiger partial charge in [0.1, 0.15) is 6.04 Å². The molecule has 26 heavy (non-hydrogen) atoms. The van der Waals surface area contributed by atoms with E-state index < -0.39 is 17.5 Å². The van der Waals surface area contributed by atoms with Gasteiger partial charge in [-0.15, -0.1) is 0 Å². The second-order valence-electron chi connectivity index (χ2n) is 6.48. The molecule has 1 unspecified atom stereocenters. The Morgan fingerprint density at radius 1 is 1.23 bits per heavy atom. The van der Waals surface area contributed by atoms with E-state index in [4.69, 9.17) is 10.5 Å².